The van der Waals surface area contributed by atoms with Gasteiger partial charge in [0.15, 0.2) is 18.0 Å². The molecule has 0 aromatic carbocycles. The van der Waals surface area contributed by atoms with Gasteiger partial charge in [0.2, 0.25) is 11.7 Å². The van der Waals surface area contributed by atoms with E-state index in [4.69, 9.17) is 14.2 Å². The first-order chi connectivity index (χ1) is 20.4. The average molecular weight is 600 g/mol. The molecule has 0 spiro atoms. The number of carbonyl (C=O) groups is 6. The zero-order valence-electron chi connectivity index (χ0n) is 25.9. The Morgan fingerprint density at radius 2 is 1.70 bits per heavy atom. The number of likely N-dealkylation sites (tertiary alicyclic amines) is 1. The minimum absolute atomic E-state index is 0.0201. The fourth-order valence-electron chi connectivity index (χ4n) is 9.62. The molecule has 5 aliphatic rings. The number of hydrogen-bond acceptors (Lipinski definition) is 9. The predicted octanol–water partition coefficient (Wildman–Crippen LogP) is 3.88. The van der Waals surface area contributed by atoms with Crippen LogP contribution in [0, 0.1) is 28.6 Å². The van der Waals surface area contributed by atoms with Crippen LogP contribution in [-0.2, 0) is 43.0 Å². The van der Waals surface area contributed by atoms with Crippen LogP contribution in [0.5, 0.6) is 0 Å². The van der Waals surface area contributed by atoms with Gasteiger partial charge in [0, 0.05) is 31.7 Å². The Morgan fingerprint density at radius 1 is 0.953 bits per heavy atom. The monoisotopic (exact) mass is 599 g/mol. The maximum Gasteiger partial charge on any atom is 0.328 e. The Morgan fingerprint density at radius 3 is 2.42 bits per heavy atom. The highest BCUT2D eigenvalue weighted by atomic mass is 16.6. The Labute approximate surface area is 253 Å². The molecule has 1 heterocycles. The van der Waals surface area contributed by atoms with Crippen LogP contribution in [0.3, 0.4) is 0 Å². The molecule has 0 aromatic rings. The second-order valence-corrected chi connectivity index (χ2v) is 13.7. The largest absolute Gasteiger partial charge is 0.467 e. The summed E-state index contributed by atoms with van der Waals surface area (Å²) >= 11 is 0. The number of allylic oxidation sites excluding steroid dienone is 1. The van der Waals surface area contributed by atoms with Crippen LogP contribution >= 0.6 is 0 Å². The van der Waals surface area contributed by atoms with Gasteiger partial charge in [0.05, 0.1) is 13.5 Å². The summed E-state index contributed by atoms with van der Waals surface area (Å²) < 4.78 is 16.1. The molecule has 1 amide bonds. The molecular formula is C33H45NO9. The van der Waals surface area contributed by atoms with Crippen LogP contribution in [-0.4, -0.2) is 72.2 Å². The standard InChI is InChI=1S/C33H45NO9/c1-20(35)43-33(27(37)19-42-29(39)10-9-28(38)34-17-5-6-26(34)30(40)41-4)16-13-25-23-8-7-21-18-22(36)11-14-31(21,2)24(23)12-15-32(25,33)3/h18,23-26H,5-17,19H2,1-4H3/t23-,24+,25-,26+,31+,32+,33+/m1/s1. The minimum Gasteiger partial charge on any atom is -0.467 e. The third-order valence-corrected chi connectivity index (χ3v) is 11.8. The summed E-state index contributed by atoms with van der Waals surface area (Å²) in [6, 6.07) is -0.639. The number of rotatable bonds is 8. The van der Waals surface area contributed by atoms with E-state index < -0.39 is 47.4 Å². The second kappa shape index (κ2) is 11.8. The third-order valence-electron chi connectivity index (χ3n) is 11.8. The summed E-state index contributed by atoms with van der Waals surface area (Å²) in [6.07, 6.45) is 8.66. The fraction of sp³-hybridized carbons (Fsp3) is 0.758. The molecule has 0 bridgehead atoms. The van der Waals surface area contributed by atoms with Gasteiger partial charge >= 0.3 is 17.9 Å². The molecule has 5 rings (SSSR count). The molecule has 1 aliphatic heterocycles. The van der Waals surface area contributed by atoms with Crippen LogP contribution < -0.4 is 0 Å². The van der Waals surface area contributed by atoms with Crippen molar-refractivity contribution in [2.24, 2.45) is 28.6 Å². The molecule has 10 nitrogen and oxygen atoms in total. The van der Waals surface area contributed by atoms with E-state index in [0.29, 0.717) is 50.5 Å². The highest BCUT2D eigenvalue weighted by molar-refractivity contribution is 5.94. The first-order valence-electron chi connectivity index (χ1n) is 15.9. The van der Waals surface area contributed by atoms with Crippen molar-refractivity contribution in [1.82, 2.24) is 4.90 Å². The summed E-state index contributed by atoms with van der Waals surface area (Å²) in [7, 11) is 1.28. The van der Waals surface area contributed by atoms with Crippen LogP contribution in [0.1, 0.15) is 97.8 Å². The van der Waals surface area contributed by atoms with Crippen LogP contribution in [0.15, 0.2) is 11.6 Å². The van der Waals surface area contributed by atoms with Crippen LogP contribution in [0.25, 0.3) is 0 Å². The Balaban J connectivity index is 1.25. The average Bonchev–Trinajstić information content (AvgIpc) is 3.58. The first kappa shape index (κ1) is 31.4. The highest BCUT2D eigenvalue weighted by Gasteiger charge is 2.68. The van der Waals surface area contributed by atoms with Gasteiger partial charge < -0.3 is 19.1 Å². The number of Topliss-reactive ketones (excluding diaryl/α,β-unsaturated/α-hetero) is 1. The van der Waals surface area contributed by atoms with Crippen molar-refractivity contribution >= 4 is 35.4 Å². The molecule has 1 saturated heterocycles. The van der Waals surface area contributed by atoms with E-state index in [1.54, 1.807) is 0 Å². The number of esters is 3. The fourth-order valence-corrected chi connectivity index (χ4v) is 9.62. The summed E-state index contributed by atoms with van der Waals surface area (Å²) in [5, 5.41) is 0. The number of hydrogen-bond donors (Lipinski definition) is 0. The van der Waals surface area contributed by atoms with Gasteiger partial charge in [-0.1, -0.05) is 19.4 Å². The van der Waals surface area contributed by atoms with Gasteiger partial charge in [-0.25, -0.2) is 4.79 Å². The SMILES string of the molecule is COC(=O)[C@@H]1CCCN1C(=O)CCC(=O)OCC(=O)[C@@]1(OC(C)=O)CC[C@@H]2[C@@H]3CCC4=CC(=O)CC[C@]4(C)[C@H]3CC[C@@]21C. The van der Waals surface area contributed by atoms with Gasteiger partial charge in [-0.05, 0) is 87.0 Å². The van der Waals surface area contributed by atoms with Gasteiger partial charge in [0.25, 0.3) is 0 Å². The molecule has 7 atom stereocenters. The third kappa shape index (κ3) is 5.33. The normalized spacial score (nSPS) is 36.5. The molecule has 0 aromatic heterocycles. The molecule has 0 radical (unpaired) electrons. The molecule has 43 heavy (non-hydrogen) atoms. The lowest BCUT2D eigenvalue weighted by Gasteiger charge is -2.59. The quantitative estimate of drug-likeness (QED) is 0.301. The number of carbonyl (C=O) groups excluding carboxylic acids is 6. The summed E-state index contributed by atoms with van der Waals surface area (Å²) in [5.41, 5.74) is -0.730. The van der Waals surface area contributed by atoms with E-state index in [-0.39, 0.29) is 35.9 Å². The molecule has 0 N–H and O–H groups in total. The maximum absolute atomic E-state index is 13.9. The van der Waals surface area contributed by atoms with Gasteiger partial charge in [-0.15, -0.1) is 0 Å². The summed E-state index contributed by atoms with van der Waals surface area (Å²) in [4.78, 5) is 77.3. The number of amides is 1. The van der Waals surface area contributed by atoms with E-state index in [1.807, 2.05) is 6.08 Å². The van der Waals surface area contributed by atoms with E-state index in [1.165, 1.54) is 24.5 Å². The van der Waals surface area contributed by atoms with Crippen molar-refractivity contribution in [2.75, 3.05) is 20.3 Å². The summed E-state index contributed by atoms with van der Waals surface area (Å²) in [5.74, 6) is -1.30. The van der Waals surface area contributed by atoms with Crippen molar-refractivity contribution in [2.45, 2.75) is 109 Å². The topological polar surface area (TPSA) is 133 Å². The zero-order valence-corrected chi connectivity index (χ0v) is 25.9. The van der Waals surface area contributed by atoms with Gasteiger partial charge in [-0.3, -0.25) is 24.0 Å². The van der Waals surface area contributed by atoms with Crippen molar-refractivity contribution in [3.63, 3.8) is 0 Å². The van der Waals surface area contributed by atoms with Crippen molar-refractivity contribution in [3.05, 3.63) is 11.6 Å². The van der Waals surface area contributed by atoms with Crippen molar-refractivity contribution < 1.29 is 43.0 Å². The molecular weight excluding hydrogens is 554 g/mol. The number of ether oxygens (including phenoxy) is 3. The number of nitrogens with zero attached hydrogens (tertiary/aromatic N) is 1. The Kier molecular flexibility index (Phi) is 8.62. The molecule has 3 saturated carbocycles. The van der Waals surface area contributed by atoms with Crippen LogP contribution in [0.4, 0.5) is 0 Å². The number of fused-ring (bicyclic) bond motifs is 5. The lowest BCUT2D eigenvalue weighted by Crippen LogP contribution is -2.59. The summed E-state index contributed by atoms with van der Waals surface area (Å²) in [6.45, 7) is 5.57. The molecule has 236 valence electrons. The molecule has 4 aliphatic carbocycles. The number of methoxy groups -OCH3 is 1. The van der Waals surface area contributed by atoms with E-state index in [0.717, 1.165) is 32.1 Å². The van der Waals surface area contributed by atoms with Crippen molar-refractivity contribution in [1.29, 1.82) is 0 Å². The molecule has 0 unspecified atom stereocenters. The van der Waals surface area contributed by atoms with E-state index in [2.05, 4.69) is 13.8 Å². The van der Waals surface area contributed by atoms with E-state index >= 15 is 0 Å². The Bertz CT molecular complexity index is 1240. The van der Waals surface area contributed by atoms with Gasteiger partial charge in [0.1, 0.15) is 6.04 Å². The van der Waals surface area contributed by atoms with Gasteiger partial charge in [-0.2, -0.15) is 0 Å². The molecule has 10 heteroatoms. The first-order valence-corrected chi connectivity index (χ1v) is 15.9. The minimum atomic E-state index is -1.38. The second-order valence-electron chi connectivity index (χ2n) is 13.7. The number of ketones is 2. The smallest absolute Gasteiger partial charge is 0.328 e. The predicted molar refractivity (Wildman–Crippen MR) is 153 cm³/mol. The Hall–Kier alpha value is -3.04. The highest BCUT2D eigenvalue weighted by Crippen LogP contribution is 2.68. The van der Waals surface area contributed by atoms with Crippen LogP contribution in [0.2, 0.25) is 0 Å². The van der Waals surface area contributed by atoms with Crippen molar-refractivity contribution in [3.8, 4) is 0 Å². The zero-order chi connectivity index (χ0) is 31.2. The van der Waals surface area contributed by atoms with E-state index in [9.17, 15) is 28.8 Å². The lowest BCUT2D eigenvalue weighted by molar-refractivity contribution is -0.191. The lowest BCUT2D eigenvalue weighted by atomic mass is 9.46. The maximum atomic E-state index is 13.9. The molecule has 4 fully saturated rings.